The molecule has 41 heavy (non-hydrogen) atoms. The van der Waals surface area contributed by atoms with E-state index in [0.717, 1.165) is 55.9 Å². The molecule has 1 aromatic heterocycles. The number of aromatic nitrogens is 2. The van der Waals surface area contributed by atoms with Crippen LogP contribution in [0.5, 0.6) is 11.5 Å². The average Bonchev–Trinajstić information content (AvgIpc) is 3.46. The molecular weight excluding hydrogens is 616 g/mol. The van der Waals surface area contributed by atoms with Gasteiger partial charge in [-0.1, -0.05) is 23.7 Å². The van der Waals surface area contributed by atoms with Crippen molar-refractivity contribution in [1.82, 2.24) is 14.5 Å². The Morgan fingerprint density at radius 3 is 2.61 bits per heavy atom. The van der Waals surface area contributed by atoms with Gasteiger partial charge in [-0.2, -0.15) is 0 Å². The fourth-order valence-electron chi connectivity index (χ4n) is 6.18. The van der Waals surface area contributed by atoms with E-state index in [-0.39, 0.29) is 17.8 Å². The second kappa shape index (κ2) is 10.5. The number of hydrogen-bond acceptors (Lipinski definition) is 5. The van der Waals surface area contributed by atoms with Gasteiger partial charge in [0.15, 0.2) is 17.3 Å². The number of piperidine rings is 1. The number of halogens is 4. The summed E-state index contributed by atoms with van der Waals surface area (Å²) in [5.74, 6) is 0.322. The van der Waals surface area contributed by atoms with Crippen LogP contribution in [0, 0.1) is 11.6 Å². The first-order valence-electron chi connectivity index (χ1n) is 13.9. The molecule has 10 heteroatoms. The normalized spacial score (nSPS) is 22.8. The number of imidazole rings is 1. The number of likely N-dealkylation sites (tertiary alicyclic amines) is 1. The van der Waals surface area contributed by atoms with E-state index in [1.54, 1.807) is 25.1 Å². The van der Waals surface area contributed by atoms with Gasteiger partial charge in [-0.25, -0.2) is 13.8 Å². The monoisotopic (exact) mass is 643 g/mol. The lowest BCUT2D eigenvalue weighted by Gasteiger charge is -2.33. The smallest absolute Gasteiger partial charge is 0.278 e. The number of hydrogen-bond donors (Lipinski definition) is 0. The molecule has 0 amide bonds. The minimum Gasteiger partial charge on any atom is -0.444 e. The van der Waals surface area contributed by atoms with Crippen LogP contribution in [0.3, 0.4) is 0 Å². The molecule has 2 atom stereocenters. The summed E-state index contributed by atoms with van der Waals surface area (Å²) in [6.07, 6.45) is 2.97. The van der Waals surface area contributed by atoms with Crippen molar-refractivity contribution in [2.45, 2.75) is 57.1 Å². The van der Waals surface area contributed by atoms with Crippen molar-refractivity contribution < 1.29 is 23.0 Å². The zero-order chi connectivity index (χ0) is 28.3. The third kappa shape index (κ3) is 4.90. The zero-order valence-electron chi connectivity index (χ0n) is 22.5. The molecule has 0 saturated carbocycles. The molecule has 0 bridgehead atoms. The Kier molecular flexibility index (Phi) is 6.97. The molecule has 3 aliphatic heterocycles. The van der Waals surface area contributed by atoms with Crippen LogP contribution in [0.1, 0.15) is 49.1 Å². The molecule has 0 radical (unpaired) electrons. The number of benzene rings is 3. The lowest BCUT2D eigenvalue weighted by atomic mass is 9.88. The molecular formula is C31H29BrClF2N3O3. The molecule has 3 aromatic carbocycles. The van der Waals surface area contributed by atoms with Crippen molar-refractivity contribution in [2.75, 3.05) is 19.7 Å². The van der Waals surface area contributed by atoms with Crippen molar-refractivity contribution in [3.05, 3.63) is 86.6 Å². The molecule has 0 N–H and O–H groups in total. The number of ether oxygens (including phenoxy) is 3. The average molecular weight is 645 g/mol. The Morgan fingerprint density at radius 2 is 1.88 bits per heavy atom. The van der Waals surface area contributed by atoms with Crippen LogP contribution < -0.4 is 9.47 Å². The number of nitrogens with zero attached hydrogens (tertiary/aromatic N) is 3. The summed E-state index contributed by atoms with van der Waals surface area (Å²) in [5.41, 5.74) is 2.56. The van der Waals surface area contributed by atoms with Crippen LogP contribution in [0.25, 0.3) is 11.0 Å². The van der Waals surface area contributed by atoms with Gasteiger partial charge in [-0.15, -0.1) is 0 Å². The summed E-state index contributed by atoms with van der Waals surface area (Å²) in [7, 11) is 0. The number of fused-ring (bicyclic) bond motifs is 2. The van der Waals surface area contributed by atoms with Crippen molar-refractivity contribution >= 4 is 38.6 Å². The second-order valence-corrected chi connectivity index (χ2v) is 12.4. The van der Waals surface area contributed by atoms with Crippen LogP contribution in [-0.4, -0.2) is 40.3 Å². The molecule has 214 valence electrons. The molecule has 3 aliphatic rings. The first-order valence-corrected chi connectivity index (χ1v) is 15.1. The largest absolute Gasteiger partial charge is 0.444 e. The maximum Gasteiger partial charge on any atom is 0.278 e. The van der Waals surface area contributed by atoms with E-state index in [1.165, 1.54) is 6.07 Å². The van der Waals surface area contributed by atoms with Gasteiger partial charge in [0.25, 0.3) is 5.79 Å². The van der Waals surface area contributed by atoms with Crippen LogP contribution in [-0.2, 0) is 23.6 Å². The first-order chi connectivity index (χ1) is 19.8. The maximum atomic E-state index is 14.9. The Morgan fingerprint density at radius 1 is 1.07 bits per heavy atom. The molecule has 0 unspecified atom stereocenters. The van der Waals surface area contributed by atoms with E-state index in [0.29, 0.717) is 45.2 Å². The minimum absolute atomic E-state index is 0.137. The fraction of sp³-hybridized carbons (Fsp3) is 0.387. The molecule has 4 heterocycles. The van der Waals surface area contributed by atoms with Gasteiger partial charge >= 0.3 is 0 Å². The molecule has 7 rings (SSSR count). The molecule has 0 aliphatic carbocycles. The van der Waals surface area contributed by atoms with Crippen molar-refractivity contribution in [2.24, 2.45) is 0 Å². The van der Waals surface area contributed by atoms with Gasteiger partial charge in [0.2, 0.25) is 0 Å². The van der Waals surface area contributed by atoms with E-state index in [1.807, 2.05) is 18.2 Å². The van der Waals surface area contributed by atoms with Gasteiger partial charge < -0.3 is 18.8 Å². The van der Waals surface area contributed by atoms with Crippen LogP contribution in [0.15, 0.2) is 53.0 Å². The van der Waals surface area contributed by atoms with E-state index in [4.69, 9.17) is 30.8 Å². The first kappa shape index (κ1) is 27.1. The highest BCUT2D eigenvalue weighted by Gasteiger charge is 2.43. The van der Waals surface area contributed by atoms with Gasteiger partial charge in [-0.05, 0) is 90.6 Å². The third-order valence-electron chi connectivity index (χ3n) is 8.49. The molecule has 4 aromatic rings. The standard InChI is InChI=1S/C31H29BrClF2N3O3/c1-31(22-6-5-19(33)15-24(22)34)40-26-4-2-3-21(30(26)41-31)18-9-12-37(13-10-18)17-27-36-29-25(8-7-23(32)28(29)35)38(27)16-20-11-14-39-20/h2-8,15,18,20H,9-14,16-17H2,1H3/t20-,31-/m0/s1. The highest BCUT2D eigenvalue weighted by molar-refractivity contribution is 9.10. The summed E-state index contributed by atoms with van der Waals surface area (Å²) in [6.45, 7) is 5.51. The summed E-state index contributed by atoms with van der Waals surface area (Å²) < 4.78 is 50.5. The van der Waals surface area contributed by atoms with Crippen molar-refractivity contribution in [3.8, 4) is 11.5 Å². The Bertz CT molecular complexity index is 1640. The SMILES string of the molecule is C[C@]1(c2ccc(Cl)cc2F)Oc2cccc(C3CCN(Cc4nc5c(F)c(Br)ccc5n4C[C@@H]4CCO4)CC3)c2O1. The zero-order valence-corrected chi connectivity index (χ0v) is 24.9. The minimum atomic E-state index is -1.28. The summed E-state index contributed by atoms with van der Waals surface area (Å²) in [4.78, 5) is 7.12. The van der Waals surface area contributed by atoms with Crippen LogP contribution in [0.4, 0.5) is 8.78 Å². The molecule has 2 fully saturated rings. The number of para-hydroxylation sites is 1. The lowest BCUT2D eigenvalue weighted by molar-refractivity contribution is -0.0712. The summed E-state index contributed by atoms with van der Waals surface area (Å²) in [6, 6.07) is 14.1. The maximum absolute atomic E-state index is 14.9. The molecule has 6 nitrogen and oxygen atoms in total. The third-order valence-corrected chi connectivity index (χ3v) is 9.34. The lowest BCUT2D eigenvalue weighted by Crippen LogP contribution is -2.35. The quantitative estimate of drug-likeness (QED) is 0.217. The highest BCUT2D eigenvalue weighted by Crippen LogP contribution is 2.50. The molecule has 2 saturated heterocycles. The number of rotatable bonds is 6. The fourth-order valence-corrected chi connectivity index (χ4v) is 6.66. The summed E-state index contributed by atoms with van der Waals surface area (Å²) >= 11 is 9.26. The van der Waals surface area contributed by atoms with Gasteiger partial charge in [0.1, 0.15) is 17.2 Å². The Balaban J connectivity index is 1.08. The highest BCUT2D eigenvalue weighted by atomic mass is 79.9. The van der Waals surface area contributed by atoms with Gasteiger partial charge in [0.05, 0.1) is 34.7 Å². The van der Waals surface area contributed by atoms with E-state index >= 15 is 0 Å². The van der Waals surface area contributed by atoms with Crippen LogP contribution >= 0.6 is 27.5 Å². The predicted molar refractivity (Wildman–Crippen MR) is 155 cm³/mol. The predicted octanol–water partition coefficient (Wildman–Crippen LogP) is 7.54. The van der Waals surface area contributed by atoms with E-state index in [9.17, 15) is 8.78 Å². The van der Waals surface area contributed by atoms with Gasteiger partial charge in [0, 0.05) is 24.1 Å². The van der Waals surface area contributed by atoms with E-state index in [2.05, 4.69) is 31.5 Å². The second-order valence-electron chi connectivity index (χ2n) is 11.1. The van der Waals surface area contributed by atoms with Gasteiger partial charge in [-0.3, -0.25) is 4.90 Å². The summed E-state index contributed by atoms with van der Waals surface area (Å²) in [5, 5.41) is 0.322. The Hall–Kier alpha value is -2.72. The van der Waals surface area contributed by atoms with Crippen molar-refractivity contribution in [1.29, 1.82) is 0 Å². The Labute approximate surface area is 250 Å². The topological polar surface area (TPSA) is 48.8 Å². The molecule has 0 spiro atoms. The van der Waals surface area contributed by atoms with Crippen LogP contribution in [0.2, 0.25) is 5.02 Å². The van der Waals surface area contributed by atoms with E-state index < -0.39 is 11.6 Å². The van der Waals surface area contributed by atoms with Crippen molar-refractivity contribution in [3.63, 3.8) is 0 Å².